The van der Waals surface area contributed by atoms with Crippen molar-refractivity contribution in [2.24, 2.45) is 5.73 Å². The van der Waals surface area contributed by atoms with Gasteiger partial charge < -0.3 is 20.5 Å². The second-order valence-electron chi connectivity index (χ2n) is 4.71. The predicted octanol–water partition coefficient (Wildman–Crippen LogP) is 3.36. The highest BCUT2D eigenvalue weighted by Gasteiger charge is 2.16. The van der Waals surface area contributed by atoms with Gasteiger partial charge in [0.05, 0.1) is 29.8 Å². The number of carbonyl (C=O) groups is 2. The lowest BCUT2D eigenvalue weighted by molar-refractivity contribution is 0.0996. The van der Waals surface area contributed by atoms with Crippen LogP contribution in [-0.4, -0.2) is 26.0 Å². The van der Waals surface area contributed by atoms with Crippen molar-refractivity contribution in [3.8, 4) is 11.5 Å². The van der Waals surface area contributed by atoms with Gasteiger partial charge in [-0.05, 0) is 30.3 Å². The number of amides is 2. The van der Waals surface area contributed by atoms with Crippen molar-refractivity contribution in [3.05, 3.63) is 51.5 Å². The number of methoxy groups -OCH3 is 2. The molecule has 126 valence electrons. The fourth-order valence-corrected chi connectivity index (χ4v) is 2.54. The van der Waals surface area contributed by atoms with Crippen molar-refractivity contribution >= 4 is 40.7 Å². The van der Waals surface area contributed by atoms with E-state index in [2.05, 4.69) is 5.32 Å². The second-order valence-corrected chi connectivity index (χ2v) is 5.52. The standard InChI is InChI=1S/C16H14Cl2N2O4/c1-23-13-6-8(5-12(18)14(13)24-2)16(22)20-9-3-4-11(17)10(7-9)15(19)21/h3-7H,1-2H3,(H2,19,21)(H,20,22). The summed E-state index contributed by atoms with van der Waals surface area (Å²) in [4.78, 5) is 23.7. The average molecular weight is 369 g/mol. The number of nitrogens with two attached hydrogens (primary N) is 1. The molecular formula is C16H14Cl2N2O4. The molecular weight excluding hydrogens is 355 g/mol. The summed E-state index contributed by atoms with van der Waals surface area (Å²) in [5.41, 5.74) is 5.96. The van der Waals surface area contributed by atoms with Crippen molar-refractivity contribution in [1.82, 2.24) is 0 Å². The second kappa shape index (κ2) is 7.42. The van der Waals surface area contributed by atoms with E-state index in [9.17, 15) is 9.59 Å². The zero-order valence-corrected chi connectivity index (χ0v) is 14.4. The molecule has 2 amide bonds. The van der Waals surface area contributed by atoms with Crippen LogP contribution in [-0.2, 0) is 0 Å². The number of ether oxygens (including phenoxy) is 2. The summed E-state index contributed by atoms with van der Waals surface area (Å²) >= 11 is 12.0. The van der Waals surface area contributed by atoms with E-state index in [0.29, 0.717) is 17.2 Å². The van der Waals surface area contributed by atoms with Crippen molar-refractivity contribution < 1.29 is 19.1 Å². The number of rotatable bonds is 5. The van der Waals surface area contributed by atoms with E-state index in [1.54, 1.807) is 6.07 Å². The van der Waals surface area contributed by atoms with Gasteiger partial charge in [-0.3, -0.25) is 9.59 Å². The molecule has 0 radical (unpaired) electrons. The zero-order chi connectivity index (χ0) is 17.9. The number of hydrogen-bond donors (Lipinski definition) is 2. The number of primary amides is 1. The summed E-state index contributed by atoms with van der Waals surface area (Å²) in [6.07, 6.45) is 0. The van der Waals surface area contributed by atoms with E-state index < -0.39 is 11.8 Å². The molecule has 0 saturated carbocycles. The summed E-state index contributed by atoms with van der Waals surface area (Å²) in [6.45, 7) is 0. The van der Waals surface area contributed by atoms with Crippen LogP contribution in [0.25, 0.3) is 0 Å². The van der Waals surface area contributed by atoms with Gasteiger partial charge in [0.15, 0.2) is 11.5 Å². The minimum atomic E-state index is -0.690. The molecule has 0 fully saturated rings. The lowest BCUT2D eigenvalue weighted by atomic mass is 10.1. The van der Waals surface area contributed by atoms with Gasteiger partial charge in [-0.2, -0.15) is 0 Å². The van der Waals surface area contributed by atoms with Gasteiger partial charge in [-0.15, -0.1) is 0 Å². The Morgan fingerprint density at radius 3 is 2.33 bits per heavy atom. The fourth-order valence-electron chi connectivity index (χ4n) is 2.04. The molecule has 0 atom stereocenters. The SMILES string of the molecule is COc1cc(C(=O)Nc2ccc(Cl)c(C(N)=O)c2)cc(Cl)c1OC. The summed E-state index contributed by atoms with van der Waals surface area (Å²) in [5, 5.41) is 3.07. The molecule has 2 aromatic rings. The minimum Gasteiger partial charge on any atom is -0.493 e. The minimum absolute atomic E-state index is 0.111. The van der Waals surface area contributed by atoms with E-state index in [0.717, 1.165) is 0 Å². The van der Waals surface area contributed by atoms with Crippen LogP contribution in [0.4, 0.5) is 5.69 Å². The first-order valence-electron chi connectivity index (χ1n) is 6.69. The molecule has 0 bridgehead atoms. The molecule has 3 N–H and O–H groups in total. The smallest absolute Gasteiger partial charge is 0.255 e. The highest BCUT2D eigenvalue weighted by Crippen LogP contribution is 2.36. The molecule has 0 heterocycles. The molecule has 8 heteroatoms. The maximum absolute atomic E-state index is 12.4. The van der Waals surface area contributed by atoms with Crippen LogP contribution in [0.1, 0.15) is 20.7 Å². The Bertz CT molecular complexity index is 809. The molecule has 6 nitrogen and oxygen atoms in total. The van der Waals surface area contributed by atoms with Crippen molar-refractivity contribution in [2.45, 2.75) is 0 Å². The van der Waals surface area contributed by atoms with E-state index in [-0.39, 0.29) is 21.2 Å². The zero-order valence-electron chi connectivity index (χ0n) is 12.9. The molecule has 0 aliphatic carbocycles. The van der Waals surface area contributed by atoms with Gasteiger partial charge in [0, 0.05) is 11.3 Å². The third-order valence-electron chi connectivity index (χ3n) is 3.19. The third-order valence-corrected chi connectivity index (χ3v) is 3.80. The summed E-state index contributed by atoms with van der Waals surface area (Å²) in [5.74, 6) is -0.483. The van der Waals surface area contributed by atoms with Crippen LogP contribution < -0.4 is 20.5 Å². The highest BCUT2D eigenvalue weighted by atomic mass is 35.5. The summed E-state index contributed by atoms with van der Waals surface area (Å²) in [7, 11) is 2.89. The van der Waals surface area contributed by atoms with Gasteiger partial charge in [-0.1, -0.05) is 23.2 Å². The van der Waals surface area contributed by atoms with Crippen LogP contribution in [0.15, 0.2) is 30.3 Å². The van der Waals surface area contributed by atoms with Crippen molar-refractivity contribution in [2.75, 3.05) is 19.5 Å². The van der Waals surface area contributed by atoms with Gasteiger partial charge in [0.25, 0.3) is 5.91 Å². The van der Waals surface area contributed by atoms with E-state index >= 15 is 0 Å². The molecule has 24 heavy (non-hydrogen) atoms. The first-order chi connectivity index (χ1) is 11.4. The quantitative estimate of drug-likeness (QED) is 0.846. The van der Waals surface area contributed by atoms with Crippen LogP contribution in [0.2, 0.25) is 10.0 Å². The molecule has 0 unspecified atom stereocenters. The van der Waals surface area contributed by atoms with E-state index in [4.69, 9.17) is 38.4 Å². The van der Waals surface area contributed by atoms with Gasteiger partial charge in [0.2, 0.25) is 5.91 Å². The molecule has 0 aliphatic rings. The van der Waals surface area contributed by atoms with Crippen LogP contribution in [0.3, 0.4) is 0 Å². The number of halogens is 2. The Hall–Kier alpha value is -2.44. The normalized spacial score (nSPS) is 10.2. The Balaban J connectivity index is 2.32. The number of benzene rings is 2. The molecule has 0 spiro atoms. The van der Waals surface area contributed by atoms with Crippen molar-refractivity contribution in [3.63, 3.8) is 0 Å². The number of nitrogens with one attached hydrogen (secondary N) is 1. The number of carbonyl (C=O) groups excluding carboxylic acids is 2. The lowest BCUT2D eigenvalue weighted by Crippen LogP contribution is -2.15. The van der Waals surface area contributed by atoms with Gasteiger partial charge in [0.1, 0.15) is 0 Å². The molecule has 2 aromatic carbocycles. The molecule has 0 aliphatic heterocycles. The van der Waals surface area contributed by atoms with Crippen molar-refractivity contribution in [1.29, 1.82) is 0 Å². The van der Waals surface area contributed by atoms with Gasteiger partial charge in [-0.25, -0.2) is 0 Å². The lowest BCUT2D eigenvalue weighted by Gasteiger charge is -2.12. The molecule has 0 saturated heterocycles. The highest BCUT2D eigenvalue weighted by molar-refractivity contribution is 6.34. The number of hydrogen-bond acceptors (Lipinski definition) is 4. The summed E-state index contributed by atoms with van der Waals surface area (Å²) < 4.78 is 10.3. The van der Waals surface area contributed by atoms with Crippen LogP contribution in [0, 0.1) is 0 Å². The monoisotopic (exact) mass is 368 g/mol. The third kappa shape index (κ3) is 3.72. The predicted molar refractivity (Wildman–Crippen MR) is 92.5 cm³/mol. The van der Waals surface area contributed by atoms with Crippen LogP contribution >= 0.6 is 23.2 Å². The maximum atomic E-state index is 12.4. The largest absolute Gasteiger partial charge is 0.493 e. The molecule has 2 rings (SSSR count). The van der Waals surface area contributed by atoms with Crippen LogP contribution in [0.5, 0.6) is 11.5 Å². The fraction of sp³-hybridized carbons (Fsp3) is 0.125. The Morgan fingerprint density at radius 2 is 1.75 bits per heavy atom. The van der Waals surface area contributed by atoms with Gasteiger partial charge >= 0.3 is 0 Å². The maximum Gasteiger partial charge on any atom is 0.255 e. The average Bonchev–Trinajstić information content (AvgIpc) is 2.55. The first-order valence-corrected chi connectivity index (χ1v) is 7.45. The Kier molecular flexibility index (Phi) is 5.54. The summed E-state index contributed by atoms with van der Waals surface area (Å²) in [6, 6.07) is 7.35. The van der Waals surface area contributed by atoms with E-state index in [1.165, 1.54) is 38.5 Å². The topological polar surface area (TPSA) is 90.6 Å². The Morgan fingerprint density at radius 1 is 1.04 bits per heavy atom. The first kappa shape index (κ1) is 17.9. The Labute approximate surface area is 148 Å². The number of anilines is 1. The van der Waals surface area contributed by atoms with E-state index in [1.807, 2.05) is 0 Å². The molecule has 0 aromatic heterocycles.